The smallest absolute Gasteiger partial charge is 0.134 e. The van der Waals surface area contributed by atoms with Crippen molar-refractivity contribution in [3.8, 4) is 5.75 Å². The van der Waals surface area contributed by atoms with Crippen LogP contribution in [0.4, 0.5) is 0 Å². The Hall–Kier alpha value is -1.91. The Morgan fingerprint density at radius 3 is 2.85 bits per heavy atom. The second-order valence-corrected chi connectivity index (χ2v) is 5.68. The van der Waals surface area contributed by atoms with Gasteiger partial charge in [0.15, 0.2) is 0 Å². The van der Waals surface area contributed by atoms with Crippen LogP contribution < -0.4 is 10.5 Å². The summed E-state index contributed by atoms with van der Waals surface area (Å²) >= 11 is 1.62. The topological polar surface area (TPSA) is 48.1 Å². The first-order chi connectivity index (χ1) is 9.69. The zero-order valence-electron chi connectivity index (χ0n) is 11.5. The first-order valence-corrected chi connectivity index (χ1v) is 7.31. The average Bonchev–Trinajstić information content (AvgIpc) is 2.94. The summed E-state index contributed by atoms with van der Waals surface area (Å²) in [6.45, 7) is 2.00. The van der Waals surface area contributed by atoms with Crippen LogP contribution in [0.2, 0.25) is 0 Å². The highest BCUT2D eigenvalue weighted by Crippen LogP contribution is 2.33. The molecule has 0 aliphatic carbocycles. The fourth-order valence-corrected chi connectivity index (χ4v) is 3.18. The number of thiophene rings is 1. The van der Waals surface area contributed by atoms with Gasteiger partial charge in [0.1, 0.15) is 5.75 Å². The zero-order chi connectivity index (χ0) is 14.1. The Balaban J connectivity index is 2.03. The van der Waals surface area contributed by atoms with Crippen molar-refractivity contribution in [1.82, 2.24) is 4.98 Å². The van der Waals surface area contributed by atoms with Gasteiger partial charge in [0.05, 0.1) is 23.5 Å². The third-order valence-electron chi connectivity index (χ3n) is 3.37. The van der Waals surface area contributed by atoms with Gasteiger partial charge in [0, 0.05) is 11.1 Å². The Labute approximate surface area is 122 Å². The highest BCUT2D eigenvalue weighted by Gasteiger charge is 2.16. The first-order valence-electron chi connectivity index (χ1n) is 6.43. The van der Waals surface area contributed by atoms with Gasteiger partial charge < -0.3 is 10.5 Å². The molecular weight excluding hydrogens is 268 g/mol. The van der Waals surface area contributed by atoms with Gasteiger partial charge in [-0.25, -0.2) is 0 Å². The molecule has 0 amide bonds. The number of aromatic nitrogens is 1. The third kappa shape index (κ3) is 2.28. The van der Waals surface area contributed by atoms with Gasteiger partial charge in [-0.2, -0.15) is 0 Å². The molecule has 2 aromatic heterocycles. The maximum Gasteiger partial charge on any atom is 0.134 e. The molecule has 0 fully saturated rings. The number of rotatable bonds is 3. The van der Waals surface area contributed by atoms with E-state index in [-0.39, 0.29) is 6.04 Å². The summed E-state index contributed by atoms with van der Waals surface area (Å²) in [6, 6.07) is 12.0. The van der Waals surface area contributed by atoms with E-state index in [4.69, 9.17) is 10.5 Å². The molecule has 0 spiro atoms. The molecule has 1 atom stereocenters. The molecule has 1 unspecified atom stereocenters. The number of nitrogens with zero attached hydrogens (tertiary/aromatic N) is 1. The molecule has 0 saturated carbocycles. The summed E-state index contributed by atoms with van der Waals surface area (Å²) in [4.78, 5) is 5.56. The first kappa shape index (κ1) is 13.1. The fraction of sp³-hybridized carbons (Fsp3) is 0.188. The summed E-state index contributed by atoms with van der Waals surface area (Å²) in [5.41, 5.74) is 9.46. The molecular formula is C16H16N2OS. The summed E-state index contributed by atoms with van der Waals surface area (Å²) in [5.74, 6) is 0.852. The van der Waals surface area contributed by atoms with E-state index in [2.05, 4.69) is 17.1 Å². The van der Waals surface area contributed by atoms with E-state index in [0.717, 1.165) is 32.8 Å². The lowest BCUT2D eigenvalue weighted by Crippen LogP contribution is -2.11. The molecule has 20 heavy (non-hydrogen) atoms. The average molecular weight is 284 g/mol. The van der Waals surface area contributed by atoms with Crippen LogP contribution in [0.1, 0.15) is 22.2 Å². The molecule has 3 nitrogen and oxygen atoms in total. The normalized spacial score (nSPS) is 12.6. The lowest BCUT2D eigenvalue weighted by molar-refractivity contribution is 0.411. The highest BCUT2D eigenvalue weighted by molar-refractivity contribution is 7.10. The van der Waals surface area contributed by atoms with E-state index in [1.807, 2.05) is 36.6 Å². The number of methoxy groups -OCH3 is 1. The Bertz CT molecular complexity index is 751. The maximum absolute atomic E-state index is 6.37. The van der Waals surface area contributed by atoms with Gasteiger partial charge in [-0.1, -0.05) is 12.1 Å². The number of ether oxygens (including phenoxy) is 1. The molecule has 4 heteroatoms. The quantitative estimate of drug-likeness (QED) is 0.798. The number of hydrogen-bond donors (Lipinski definition) is 1. The minimum absolute atomic E-state index is 0.171. The van der Waals surface area contributed by atoms with Crippen molar-refractivity contribution >= 4 is 22.2 Å². The van der Waals surface area contributed by atoms with Gasteiger partial charge in [0.25, 0.3) is 0 Å². The van der Waals surface area contributed by atoms with E-state index >= 15 is 0 Å². The molecule has 0 radical (unpaired) electrons. The van der Waals surface area contributed by atoms with Crippen LogP contribution >= 0.6 is 11.3 Å². The van der Waals surface area contributed by atoms with Crippen LogP contribution in [0.25, 0.3) is 10.9 Å². The number of pyridine rings is 1. The van der Waals surface area contributed by atoms with Crippen molar-refractivity contribution in [1.29, 1.82) is 0 Å². The minimum Gasteiger partial charge on any atom is -0.496 e. The Morgan fingerprint density at radius 1 is 1.20 bits per heavy atom. The molecule has 1 aromatic carbocycles. The monoisotopic (exact) mass is 284 g/mol. The Kier molecular flexibility index (Phi) is 3.42. The maximum atomic E-state index is 6.37. The lowest BCUT2D eigenvalue weighted by Gasteiger charge is -2.13. The largest absolute Gasteiger partial charge is 0.496 e. The van der Waals surface area contributed by atoms with Gasteiger partial charge in [-0.05, 0) is 42.1 Å². The predicted octanol–water partition coefficient (Wildman–Crippen LogP) is 3.66. The van der Waals surface area contributed by atoms with E-state index < -0.39 is 0 Å². The standard InChI is InChI=1S/C16H16N2OS/c1-10-3-4-11-9-12(5-6-13(11)18-10)15(17)16-14(19-2)7-8-20-16/h3-9,15H,17H2,1-2H3. The van der Waals surface area contributed by atoms with Crippen molar-refractivity contribution in [3.05, 3.63) is 57.9 Å². The zero-order valence-corrected chi connectivity index (χ0v) is 12.3. The molecule has 0 aliphatic rings. The van der Waals surface area contributed by atoms with E-state index in [0.29, 0.717) is 0 Å². The highest BCUT2D eigenvalue weighted by atomic mass is 32.1. The Morgan fingerprint density at radius 2 is 2.05 bits per heavy atom. The second kappa shape index (κ2) is 5.23. The van der Waals surface area contributed by atoms with Crippen LogP contribution in [-0.4, -0.2) is 12.1 Å². The molecule has 2 heterocycles. The van der Waals surface area contributed by atoms with Crippen LogP contribution in [-0.2, 0) is 0 Å². The van der Waals surface area contributed by atoms with Crippen LogP contribution in [0.5, 0.6) is 5.75 Å². The van der Waals surface area contributed by atoms with Crippen molar-refractivity contribution in [2.75, 3.05) is 7.11 Å². The third-order valence-corrected chi connectivity index (χ3v) is 4.35. The summed E-state index contributed by atoms with van der Waals surface area (Å²) in [7, 11) is 1.67. The second-order valence-electron chi connectivity index (χ2n) is 4.74. The summed E-state index contributed by atoms with van der Waals surface area (Å²) in [6.07, 6.45) is 0. The van der Waals surface area contributed by atoms with Gasteiger partial charge in [-0.15, -0.1) is 11.3 Å². The van der Waals surface area contributed by atoms with Crippen molar-refractivity contribution in [2.24, 2.45) is 5.73 Å². The summed E-state index contributed by atoms with van der Waals surface area (Å²) < 4.78 is 5.35. The molecule has 102 valence electrons. The number of aryl methyl sites for hydroxylation is 1. The van der Waals surface area contributed by atoms with Crippen LogP contribution in [0, 0.1) is 6.92 Å². The van der Waals surface area contributed by atoms with E-state index in [1.54, 1.807) is 18.4 Å². The molecule has 0 bridgehead atoms. The van der Waals surface area contributed by atoms with Crippen LogP contribution in [0.15, 0.2) is 41.8 Å². The molecule has 3 rings (SSSR count). The SMILES string of the molecule is COc1ccsc1C(N)c1ccc2nc(C)ccc2c1. The number of fused-ring (bicyclic) bond motifs is 1. The van der Waals surface area contributed by atoms with Crippen molar-refractivity contribution in [2.45, 2.75) is 13.0 Å². The van der Waals surface area contributed by atoms with Gasteiger partial charge in [0.2, 0.25) is 0 Å². The van der Waals surface area contributed by atoms with Crippen molar-refractivity contribution in [3.63, 3.8) is 0 Å². The van der Waals surface area contributed by atoms with Crippen LogP contribution in [0.3, 0.4) is 0 Å². The predicted molar refractivity (Wildman–Crippen MR) is 83.4 cm³/mol. The van der Waals surface area contributed by atoms with E-state index in [1.165, 1.54) is 0 Å². The molecule has 0 aliphatic heterocycles. The lowest BCUT2D eigenvalue weighted by atomic mass is 10.0. The molecule has 3 aromatic rings. The van der Waals surface area contributed by atoms with Gasteiger partial charge >= 0.3 is 0 Å². The molecule has 0 saturated heterocycles. The van der Waals surface area contributed by atoms with E-state index in [9.17, 15) is 0 Å². The summed E-state index contributed by atoms with van der Waals surface area (Å²) in [5, 5.41) is 3.11. The number of benzene rings is 1. The number of nitrogens with two attached hydrogens (primary N) is 1. The van der Waals surface area contributed by atoms with Gasteiger partial charge in [-0.3, -0.25) is 4.98 Å². The number of hydrogen-bond acceptors (Lipinski definition) is 4. The molecule has 2 N–H and O–H groups in total. The van der Waals surface area contributed by atoms with Crippen molar-refractivity contribution < 1.29 is 4.74 Å². The minimum atomic E-state index is -0.171. The fourth-order valence-electron chi connectivity index (χ4n) is 2.30.